The van der Waals surface area contributed by atoms with Gasteiger partial charge in [0, 0.05) is 11.9 Å². The molecule has 2 N–H and O–H groups in total. The topological polar surface area (TPSA) is 88.2 Å². The van der Waals surface area contributed by atoms with Crippen molar-refractivity contribution in [1.82, 2.24) is 10.3 Å². The van der Waals surface area contributed by atoms with Crippen LogP contribution < -0.4 is 10.6 Å². The Kier molecular flexibility index (Phi) is 6.14. The number of hydrogen-bond acceptors (Lipinski definition) is 4. The smallest absolute Gasteiger partial charge is 0.319 e. The van der Waals surface area contributed by atoms with E-state index in [4.69, 9.17) is 0 Å². The van der Waals surface area contributed by atoms with Crippen molar-refractivity contribution in [2.45, 2.75) is 37.8 Å². The van der Waals surface area contributed by atoms with E-state index in [0.29, 0.717) is 11.3 Å². The number of nitrogens with one attached hydrogen (secondary N) is 2. The lowest BCUT2D eigenvalue weighted by atomic mass is 10.2. The molecule has 0 aliphatic carbocycles. The Hall–Kier alpha value is -2.41. The Morgan fingerprint density at radius 2 is 1.76 bits per heavy atom. The van der Waals surface area contributed by atoms with Gasteiger partial charge in [-0.2, -0.15) is 0 Å². The third kappa shape index (κ3) is 5.56. The van der Waals surface area contributed by atoms with Crippen LogP contribution in [0.2, 0.25) is 0 Å². The van der Waals surface area contributed by atoms with Gasteiger partial charge in [0.2, 0.25) is 0 Å². The average Bonchev–Trinajstić information content (AvgIpc) is 2.57. The quantitative estimate of drug-likeness (QED) is 0.826. The summed E-state index contributed by atoms with van der Waals surface area (Å²) >= 11 is 0. The van der Waals surface area contributed by atoms with Crippen LogP contribution >= 0.6 is 0 Å². The van der Waals surface area contributed by atoms with Crippen LogP contribution in [-0.2, 0) is 15.6 Å². The van der Waals surface area contributed by atoms with Crippen LogP contribution in [0.4, 0.5) is 10.5 Å². The maximum absolute atomic E-state index is 12.1. The van der Waals surface area contributed by atoms with Crippen LogP contribution in [0, 0.1) is 0 Å². The number of anilines is 1. The molecule has 2 amide bonds. The molecular weight excluding hydrogens is 338 g/mol. The number of rotatable bonds is 6. The number of carbonyl (C=O) groups excluding carboxylic acids is 1. The van der Waals surface area contributed by atoms with E-state index < -0.39 is 15.1 Å². The Balaban J connectivity index is 1.93. The second-order valence-electron chi connectivity index (χ2n) is 6.13. The highest BCUT2D eigenvalue weighted by Crippen LogP contribution is 2.15. The summed E-state index contributed by atoms with van der Waals surface area (Å²) in [5.41, 5.74) is 2.06. The summed E-state index contributed by atoms with van der Waals surface area (Å²) in [5, 5.41) is 5.12. The van der Waals surface area contributed by atoms with Crippen molar-refractivity contribution in [3.05, 3.63) is 59.9 Å². The fourth-order valence-electron chi connectivity index (χ4n) is 2.15. The van der Waals surface area contributed by atoms with Gasteiger partial charge in [-0.3, -0.25) is 4.98 Å². The number of benzene rings is 1. The molecule has 0 saturated heterocycles. The van der Waals surface area contributed by atoms with E-state index in [2.05, 4.69) is 15.6 Å². The molecule has 1 aromatic heterocycles. The summed E-state index contributed by atoms with van der Waals surface area (Å²) in [6.07, 6.45) is 1.68. The van der Waals surface area contributed by atoms with Gasteiger partial charge in [0.15, 0.2) is 9.84 Å². The molecule has 1 aromatic carbocycles. The Morgan fingerprint density at radius 3 is 2.32 bits per heavy atom. The number of aromatic nitrogens is 1. The summed E-state index contributed by atoms with van der Waals surface area (Å²) in [5.74, 6) is -0.00610. The second-order valence-corrected chi connectivity index (χ2v) is 8.68. The molecule has 2 rings (SSSR count). The van der Waals surface area contributed by atoms with E-state index in [-0.39, 0.29) is 17.8 Å². The van der Waals surface area contributed by atoms with Gasteiger partial charge in [-0.05, 0) is 50.6 Å². The van der Waals surface area contributed by atoms with Crippen LogP contribution in [0.15, 0.2) is 48.7 Å². The van der Waals surface area contributed by atoms with Crippen molar-refractivity contribution in [1.29, 1.82) is 0 Å². The maximum Gasteiger partial charge on any atom is 0.319 e. The standard InChI is InChI=1S/C18H23N3O3S/c1-13(2)25(23,24)12-15-7-9-16(10-8-15)21-18(22)20-14(3)17-6-4-5-11-19-17/h4-11,13-14H,12H2,1-3H3,(H2,20,21,22). The molecule has 0 saturated carbocycles. The third-order valence-corrected chi connectivity index (χ3v) is 5.95. The fraction of sp³-hybridized carbons (Fsp3) is 0.333. The predicted molar refractivity (Wildman–Crippen MR) is 99.0 cm³/mol. The monoisotopic (exact) mass is 361 g/mol. The molecule has 0 bridgehead atoms. The molecule has 2 aromatic rings. The van der Waals surface area contributed by atoms with Gasteiger partial charge in [0.05, 0.1) is 22.7 Å². The van der Waals surface area contributed by atoms with Gasteiger partial charge < -0.3 is 10.6 Å². The minimum atomic E-state index is -3.14. The fourth-order valence-corrected chi connectivity index (χ4v) is 3.14. The minimum absolute atomic E-state index is 0.00610. The van der Waals surface area contributed by atoms with Crippen LogP contribution in [0.3, 0.4) is 0 Å². The highest BCUT2D eigenvalue weighted by molar-refractivity contribution is 7.91. The number of pyridine rings is 1. The first-order valence-electron chi connectivity index (χ1n) is 8.07. The van der Waals surface area contributed by atoms with E-state index in [1.54, 1.807) is 44.3 Å². The number of nitrogens with zero attached hydrogens (tertiary/aromatic N) is 1. The lowest BCUT2D eigenvalue weighted by molar-refractivity contribution is 0.249. The molecule has 0 fully saturated rings. The Bertz CT molecular complexity index is 803. The third-order valence-electron chi connectivity index (χ3n) is 3.78. The lowest BCUT2D eigenvalue weighted by Crippen LogP contribution is -2.31. The zero-order chi connectivity index (χ0) is 18.4. The lowest BCUT2D eigenvalue weighted by Gasteiger charge is -2.14. The first-order valence-corrected chi connectivity index (χ1v) is 9.78. The van der Waals surface area contributed by atoms with Gasteiger partial charge >= 0.3 is 6.03 Å². The number of carbonyl (C=O) groups is 1. The molecule has 134 valence electrons. The zero-order valence-electron chi connectivity index (χ0n) is 14.6. The normalized spacial score (nSPS) is 12.6. The van der Waals surface area contributed by atoms with Crippen molar-refractivity contribution in [2.75, 3.05) is 5.32 Å². The molecule has 1 unspecified atom stereocenters. The Morgan fingerprint density at radius 1 is 1.08 bits per heavy atom. The summed E-state index contributed by atoms with van der Waals surface area (Å²) in [4.78, 5) is 16.3. The number of sulfone groups is 1. The van der Waals surface area contributed by atoms with Crippen LogP contribution in [-0.4, -0.2) is 24.7 Å². The molecule has 0 spiro atoms. The van der Waals surface area contributed by atoms with E-state index in [1.807, 2.05) is 25.1 Å². The van der Waals surface area contributed by atoms with Crippen molar-refractivity contribution in [2.24, 2.45) is 0 Å². The van der Waals surface area contributed by atoms with Crippen molar-refractivity contribution >= 4 is 21.6 Å². The molecule has 25 heavy (non-hydrogen) atoms. The van der Waals surface area contributed by atoms with Crippen LogP contribution in [0.5, 0.6) is 0 Å². The number of hydrogen-bond donors (Lipinski definition) is 2. The molecule has 0 aliphatic rings. The van der Waals surface area contributed by atoms with Gasteiger partial charge in [-0.25, -0.2) is 13.2 Å². The average molecular weight is 361 g/mol. The molecule has 7 heteroatoms. The van der Waals surface area contributed by atoms with Gasteiger partial charge in [0.1, 0.15) is 0 Å². The maximum atomic E-state index is 12.1. The van der Waals surface area contributed by atoms with Crippen LogP contribution in [0.25, 0.3) is 0 Å². The first-order chi connectivity index (χ1) is 11.8. The predicted octanol–water partition coefficient (Wildman–Crippen LogP) is 3.29. The molecular formula is C18H23N3O3S. The number of urea groups is 1. The van der Waals surface area contributed by atoms with E-state index in [0.717, 1.165) is 5.69 Å². The van der Waals surface area contributed by atoms with Crippen LogP contribution in [0.1, 0.15) is 38.1 Å². The molecule has 0 radical (unpaired) electrons. The second kappa shape index (κ2) is 8.11. The number of amides is 2. The molecule has 6 nitrogen and oxygen atoms in total. The van der Waals surface area contributed by atoms with Crippen molar-refractivity contribution < 1.29 is 13.2 Å². The van der Waals surface area contributed by atoms with E-state index >= 15 is 0 Å². The van der Waals surface area contributed by atoms with E-state index in [1.165, 1.54) is 0 Å². The largest absolute Gasteiger partial charge is 0.330 e. The minimum Gasteiger partial charge on any atom is -0.330 e. The summed E-state index contributed by atoms with van der Waals surface area (Å²) in [6, 6.07) is 11.7. The van der Waals surface area contributed by atoms with Gasteiger partial charge in [-0.1, -0.05) is 18.2 Å². The first kappa shape index (κ1) is 18.9. The summed E-state index contributed by atoms with van der Waals surface area (Å²) in [6.45, 7) is 5.18. The van der Waals surface area contributed by atoms with Gasteiger partial charge in [0.25, 0.3) is 0 Å². The summed E-state index contributed by atoms with van der Waals surface area (Å²) in [7, 11) is -3.14. The SMILES string of the molecule is CC(NC(=O)Nc1ccc(CS(=O)(=O)C(C)C)cc1)c1ccccn1. The Labute approximate surface area is 148 Å². The summed E-state index contributed by atoms with van der Waals surface area (Å²) < 4.78 is 23.9. The highest BCUT2D eigenvalue weighted by atomic mass is 32.2. The molecule has 1 atom stereocenters. The molecule has 0 aliphatic heterocycles. The van der Waals surface area contributed by atoms with Crippen molar-refractivity contribution in [3.8, 4) is 0 Å². The van der Waals surface area contributed by atoms with E-state index in [9.17, 15) is 13.2 Å². The van der Waals surface area contributed by atoms with Crippen molar-refractivity contribution in [3.63, 3.8) is 0 Å². The molecule has 1 heterocycles. The van der Waals surface area contributed by atoms with Gasteiger partial charge in [-0.15, -0.1) is 0 Å². The highest BCUT2D eigenvalue weighted by Gasteiger charge is 2.16. The zero-order valence-corrected chi connectivity index (χ0v) is 15.4.